The summed E-state index contributed by atoms with van der Waals surface area (Å²) >= 11 is 0. The van der Waals surface area contributed by atoms with E-state index in [9.17, 15) is 0 Å². The fourth-order valence-corrected chi connectivity index (χ4v) is 1.46. The zero-order valence-corrected chi connectivity index (χ0v) is 8.83. The van der Waals surface area contributed by atoms with Crippen LogP contribution in [0, 0.1) is 5.41 Å². The Kier molecular flexibility index (Phi) is 2.79. The molecule has 0 saturated carbocycles. The molecule has 0 amide bonds. The molecule has 2 nitrogen and oxygen atoms in total. The second-order valence-electron chi connectivity index (χ2n) is 5.33. The summed E-state index contributed by atoms with van der Waals surface area (Å²) in [6, 6.07) is 0. The van der Waals surface area contributed by atoms with Crippen molar-refractivity contribution in [2.75, 3.05) is 19.6 Å². The first kappa shape index (κ1) is 10.0. The molecule has 12 heavy (non-hydrogen) atoms. The highest BCUT2D eigenvalue weighted by molar-refractivity contribution is 4.86. The van der Waals surface area contributed by atoms with E-state index in [2.05, 4.69) is 38.3 Å². The Balaban J connectivity index is 2.51. The lowest BCUT2D eigenvalue weighted by atomic mass is 9.89. The van der Waals surface area contributed by atoms with Gasteiger partial charge in [-0.3, -0.25) is 0 Å². The normalized spacial score (nSPS) is 29.0. The Bertz CT molecular complexity index is 132. The van der Waals surface area contributed by atoms with Crippen molar-refractivity contribution in [2.45, 2.75) is 39.7 Å². The fourth-order valence-electron chi connectivity index (χ4n) is 1.46. The first-order valence-corrected chi connectivity index (χ1v) is 4.87. The van der Waals surface area contributed by atoms with Crippen molar-refractivity contribution in [2.24, 2.45) is 5.41 Å². The van der Waals surface area contributed by atoms with Crippen molar-refractivity contribution in [3.8, 4) is 0 Å². The Hall–Kier alpha value is -0.0800. The molecule has 0 bridgehead atoms. The maximum absolute atomic E-state index is 3.61. The molecule has 1 aliphatic heterocycles. The van der Waals surface area contributed by atoms with Crippen molar-refractivity contribution >= 4 is 0 Å². The highest BCUT2D eigenvalue weighted by atomic mass is 15.0. The predicted octanol–water partition coefficient (Wildman–Crippen LogP) is 1.37. The van der Waals surface area contributed by atoms with Crippen LogP contribution in [0.25, 0.3) is 0 Å². The molecule has 0 aromatic carbocycles. The maximum atomic E-state index is 3.61. The smallest absolute Gasteiger partial charge is 0.0137 e. The zero-order valence-electron chi connectivity index (χ0n) is 8.83. The summed E-state index contributed by atoms with van der Waals surface area (Å²) < 4.78 is 0. The van der Waals surface area contributed by atoms with Gasteiger partial charge in [-0.2, -0.15) is 0 Å². The van der Waals surface area contributed by atoms with Crippen LogP contribution < -0.4 is 10.6 Å². The quantitative estimate of drug-likeness (QED) is 0.574. The molecule has 72 valence electrons. The molecular formula is C10H22N2. The van der Waals surface area contributed by atoms with Crippen LogP contribution in [0.5, 0.6) is 0 Å². The third-order valence-electron chi connectivity index (χ3n) is 2.58. The SMILES string of the molecule is CC1(C)CNCCC(C)(C)NC1. The Morgan fingerprint density at radius 2 is 1.67 bits per heavy atom. The van der Waals surface area contributed by atoms with E-state index in [1.165, 1.54) is 6.42 Å². The third kappa shape index (κ3) is 3.11. The molecular weight excluding hydrogens is 148 g/mol. The number of hydrogen-bond donors (Lipinski definition) is 2. The minimum Gasteiger partial charge on any atom is -0.316 e. The van der Waals surface area contributed by atoms with Gasteiger partial charge in [0.2, 0.25) is 0 Å². The lowest BCUT2D eigenvalue weighted by Crippen LogP contribution is -2.51. The predicted molar refractivity (Wildman–Crippen MR) is 53.3 cm³/mol. The molecule has 0 radical (unpaired) electrons. The summed E-state index contributed by atoms with van der Waals surface area (Å²) in [5.41, 5.74) is 0.683. The molecule has 1 aliphatic rings. The van der Waals surface area contributed by atoms with Gasteiger partial charge in [-0.25, -0.2) is 0 Å². The molecule has 1 heterocycles. The van der Waals surface area contributed by atoms with Gasteiger partial charge in [0.15, 0.2) is 0 Å². The van der Waals surface area contributed by atoms with E-state index in [4.69, 9.17) is 0 Å². The molecule has 1 saturated heterocycles. The van der Waals surface area contributed by atoms with Crippen molar-refractivity contribution in [3.05, 3.63) is 0 Å². The van der Waals surface area contributed by atoms with Crippen molar-refractivity contribution < 1.29 is 0 Å². The van der Waals surface area contributed by atoms with Gasteiger partial charge in [-0.15, -0.1) is 0 Å². The summed E-state index contributed by atoms with van der Waals surface area (Å²) in [5, 5.41) is 7.10. The monoisotopic (exact) mass is 170 g/mol. The second-order valence-corrected chi connectivity index (χ2v) is 5.33. The van der Waals surface area contributed by atoms with E-state index in [0.717, 1.165) is 19.6 Å². The summed E-state index contributed by atoms with van der Waals surface area (Å²) in [5.74, 6) is 0. The van der Waals surface area contributed by atoms with E-state index >= 15 is 0 Å². The summed E-state index contributed by atoms with van der Waals surface area (Å²) in [6.07, 6.45) is 1.21. The van der Waals surface area contributed by atoms with Crippen LogP contribution in [-0.2, 0) is 0 Å². The van der Waals surface area contributed by atoms with Crippen LogP contribution in [0.15, 0.2) is 0 Å². The molecule has 0 aromatic rings. The molecule has 0 unspecified atom stereocenters. The second kappa shape index (κ2) is 3.35. The fraction of sp³-hybridized carbons (Fsp3) is 1.00. The lowest BCUT2D eigenvalue weighted by molar-refractivity contribution is 0.232. The third-order valence-corrected chi connectivity index (χ3v) is 2.58. The van der Waals surface area contributed by atoms with Crippen LogP contribution in [0.4, 0.5) is 0 Å². The van der Waals surface area contributed by atoms with Gasteiger partial charge in [0.1, 0.15) is 0 Å². The van der Waals surface area contributed by atoms with Crippen LogP contribution in [-0.4, -0.2) is 25.2 Å². The summed E-state index contributed by atoms with van der Waals surface area (Å²) in [6.45, 7) is 12.5. The van der Waals surface area contributed by atoms with Gasteiger partial charge in [-0.05, 0) is 32.2 Å². The lowest BCUT2D eigenvalue weighted by Gasteiger charge is -2.36. The molecule has 1 fully saturated rings. The Morgan fingerprint density at radius 3 is 2.33 bits per heavy atom. The van der Waals surface area contributed by atoms with Gasteiger partial charge >= 0.3 is 0 Å². The largest absolute Gasteiger partial charge is 0.316 e. The Labute approximate surface area is 76.1 Å². The highest BCUT2D eigenvalue weighted by Crippen LogP contribution is 2.17. The van der Waals surface area contributed by atoms with Gasteiger partial charge in [0.25, 0.3) is 0 Å². The van der Waals surface area contributed by atoms with E-state index < -0.39 is 0 Å². The Morgan fingerprint density at radius 1 is 1.00 bits per heavy atom. The molecule has 0 atom stereocenters. The molecule has 2 heteroatoms. The maximum Gasteiger partial charge on any atom is 0.0137 e. The molecule has 0 aromatic heterocycles. The first-order chi connectivity index (χ1) is 5.41. The highest BCUT2D eigenvalue weighted by Gasteiger charge is 2.25. The molecule has 2 N–H and O–H groups in total. The first-order valence-electron chi connectivity index (χ1n) is 4.87. The summed E-state index contributed by atoms with van der Waals surface area (Å²) in [4.78, 5) is 0. The minimum atomic E-state index is 0.296. The number of hydrogen-bond acceptors (Lipinski definition) is 2. The number of nitrogens with one attached hydrogen (secondary N) is 2. The average molecular weight is 170 g/mol. The standard InChI is InChI=1S/C10H22N2/c1-9(2)7-11-6-5-10(3,4)12-8-9/h11-12H,5-8H2,1-4H3. The molecule has 0 spiro atoms. The number of rotatable bonds is 0. The van der Waals surface area contributed by atoms with Gasteiger partial charge in [0, 0.05) is 18.6 Å². The van der Waals surface area contributed by atoms with E-state index in [0.29, 0.717) is 11.0 Å². The molecule has 1 rings (SSSR count). The van der Waals surface area contributed by atoms with Crippen LogP contribution in [0.2, 0.25) is 0 Å². The van der Waals surface area contributed by atoms with E-state index in [1.54, 1.807) is 0 Å². The summed E-state index contributed by atoms with van der Waals surface area (Å²) in [7, 11) is 0. The van der Waals surface area contributed by atoms with Crippen molar-refractivity contribution in [1.29, 1.82) is 0 Å². The zero-order chi connectivity index (χ0) is 9.24. The van der Waals surface area contributed by atoms with Gasteiger partial charge in [-0.1, -0.05) is 13.8 Å². The topological polar surface area (TPSA) is 24.1 Å². The minimum absolute atomic E-state index is 0.296. The molecule has 0 aliphatic carbocycles. The van der Waals surface area contributed by atoms with Crippen LogP contribution in [0.3, 0.4) is 0 Å². The van der Waals surface area contributed by atoms with E-state index in [1.807, 2.05) is 0 Å². The van der Waals surface area contributed by atoms with Crippen molar-refractivity contribution in [3.63, 3.8) is 0 Å². The van der Waals surface area contributed by atoms with Gasteiger partial charge in [0.05, 0.1) is 0 Å². The van der Waals surface area contributed by atoms with Crippen LogP contribution in [0.1, 0.15) is 34.1 Å². The van der Waals surface area contributed by atoms with Gasteiger partial charge < -0.3 is 10.6 Å². The van der Waals surface area contributed by atoms with E-state index in [-0.39, 0.29) is 0 Å². The van der Waals surface area contributed by atoms with Crippen LogP contribution >= 0.6 is 0 Å². The average Bonchev–Trinajstić information content (AvgIpc) is 1.94. The van der Waals surface area contributed by atoms with Crippen molar-refractivity contribution in [1.82, 2.24) is 10.6 Å².